The van der Waals surface area contributed by atoms with Crippen LogP contribution in [0.1, 0.15) is 16.1 Å². The topological polar surface area (TPSA) is 96.4 Å². The SMILES string of the molecule is Cc1cc(S(=O)(=O)Nc2ccnc(C(=O)O)c2)sc1Cl. The van der Waals surface area contributed by atoms with E-state index in [0.29, 0.717) is 9.90 Å². The van der Waals surface area contributed by atoms with Gasteiger partial charge in [-0.25, -0.2) is 18.2 Å². The molecule has 0 aromatic carbocycles. The van der Waals surface area contributed by atoms with Gasteiger partial charge in [-0.1, -0.05) is 11.6 Å². The van der Waals surface area contributed by atoms with E-state index in [2.05, 4.69) is 9.71 Å². The van der Waals surface area contributed by atoms with Crippen molar-refractivity contribution in [2.45, 2.75) is 11.1 Å². The minimum absolute atomic E-state index is 0.0636. The average Bonchev–Trinajstić information content (AvgIpc) is 2.70. The number of aryl methyl sites for hydroxylation is 1. The van der Waals surface area contributed by atoms with Crippen molar-refractivity contribution in [1.29, 1.82) is 0 Å². The molecular formula is C11H9ClN2O4S2. The van der Waals surface area contributed by atoms with Crippen LogP contribution in [0, 0.1) is 6.92 Å². The van der Waals surface area contributed by atoms with Crippen LogP contribution >= 0.6 is 22.9 Å². The summed E-state index contributed by atoms with van der Waals surface area (Å²) in [7, 11) is -3.79. The molecule has 2 heterocycles. The molecule has 20 heavy (non-hydrogen) atoms. The molecule has 0 unspecified atom stereocenters. The second kappa shape index (κ2) is 5.39. The van der Waals surface area contributed by atoms with Crippen LogP contribution in [-0.2, 0) is 10.0 Å². The van der Waals surface area contributed by atoms with Crippen LogP contribution in [0.4, 0.5) is 5.69 Å². The number of carbonyl (C=O) groups is 1. The molecule has 2 aromatic heterocycles. The number of thiophene rings is 1. The number of nitrogens with zero attached hydrogens (tertiary/aromatic N) is 1. The van der Waals surface area contributed by atoms with Crippen LogP contribution in [-0.4, -0.2) is 24.5 Å². The van der Waals surface area contributed by atoms with E-state index in [4.69, 9.17) is 16.7 Å². The molecule has 0 fully saturated rings. The molecule has 2 aromatic rings. The zero-order valence-corrected chi connectivity index (χ0v) is 12.5. The lowest BCUT2D eigenvalue weighted by molar-refractivity contribution is 0.0690. The number of rotatable bonds is 4. The molecule has 2 N–H and O–H groups in total. The number of pyridine rings is 1. The van der Waals surface area contributed by atoms with Gasteiger partial charge < -0.3 is 5.11 Å². The lowest BCUT2D eigenvalue weighted by Crippen LogP contribution is -2.12. The zero-order chi connectivity index (χ0) is 14.9. The fraction of sp³-hybridized carbons (Fsp3) is 0.0909. The maximum absolute atomic E-state index is 12.1. The first kappa shape index (κ1) is 14.8. The van der Waals surface area contributed by atoms with E-state index in [9.17, 15) is 13.2 Å². The predicted octanol–water partition coefficient (Wildman–Crippen LogP) is 2.60. The Hall–Kier alpha value is -1.64. The maximum atomic E-state index is 12.1. The molecule has 0 amide bonds. The van der Waals surface area contributed by atoms with Gasteiger partial charge in [0.15, 0.2) is 0 Å². The van der Waals surface area contributed by atoms with Crippen LogP contribution in [0.25, 0.3) is 0 Å². The summed E-state index contributed by atoms with van der Waals surface area (Å²) >= 11 is 6.78. The fourth-order valence-electron chi connectivity index (χ4n) is 1.38. The smallest absolute Gasteiger partial charge is 0.354 e. The first-order valence-electron chi connectivity index (χ1n) is 5.28. The first-order valence-corrected chi connectivity index (χ1v) is 7.95. The van der Waals surface area contributed by atoms with Gasteiger partial charge in [0.1, 0.15) is 9.90 Å². The molecule has 9 heteroatoms. The van der Waals surface area contributed by atoms with Gasteiger partial charge in [-0.15, -0.1) is 11.3 Å². The molecule has 0 spiro atoms. The first-order chi connectivity index (χ1) is 9.29. The number of carboxylic acid groups (broad SMARTS) is 1. The van der Waals surface area contributed by atoms with Gasteiger partial charge in [-0.2, -0.15) is 0 Å². The van der Waals surface area contributed by atoms with Crippen molar-refractivity contribution in [3.63, 3.8) is 0 Å². The summed E-state index contributed by atoms with van der Waals surface area (Å²) in [6.45, 7) is 1.70. The number of hydrogen-bond acceptors (Lipinski definition) is 5. The summed E-state index contributed by atoms with van der Waals surface area (Å²) in [5, 5.41) is 8.81. The number of aromatic nitrogens is 1. The summed E-state index contributed by atoms with van der Waals surface area (Å²) < 4.78 is 27.0. The van der Waals surface area contributed by atoms with E-state index in [1.807, 2.05) is 0 Å². The average molecular weight is 333 g/mol. The van der Waals surface area contributed by atoms with Gasteiger partial charge in [-0.05, 0) is 30.7 Å². The van der Waals surface area contributed by atoms with Crippen molar-refractivity contribution < 1.29 is 18.3 Å². The zero-order valence-electron chi connectivity index (χ0n) is 10.1. The molecule has 2 rings (SSSR count). The minimum atomic E-state index is -3.79. The molecule has 0 aliphatic heterocycles. The van der Waals surface area contributed by atoms with Crippen molar-refractivity contribution >= 4 is 44.6 Å². The molecule has 6 nitrogen and oxygen atoms in total. The van der Waals surface area contributed by atoms with Crippen molar-refractivity contribution in [2.24, 2.45) is 0 Å². The Balaban J connectivity index is 2.33. The Labute approximate surface area is 124 Å². The predicted molar refractivity (Wildman–Crippen MR) is 76.1 cm³/mol. The van der Waals surface area contributed by atoms with Gasteiger partial charge in [0, 0.05) is 6.20 Å². The Morgan fingerprint density at radius 1 is 1.45 bits per heavy atom. The normalized spacial score (nSPS) is 11.3. The van der Waals surface area contributed by atoms with Crippen molar-refractivity contribution in [2.75, 3.05) is 4.72 Å². The highest BCUT2D eigenvalue weighted by molar-refractivity contribution is 7.94. The van der Waals surface area contributed by atoms with Crippen molar-refractivity contribution in [1.82, 2.24) is 4.98 Å². The standard InChI is InChI=1S/C11H9ClN2O4S2/c1-6-4-9(19-10(6)12)20(17,18)14-7-2-3-13-8(5-7)11(15)16/h2-5H,1H3,(H,13,14)(H,15,16). The number of nitrogens with one attached hydrogen (secondary N) is 1. The molecule has 0 saturated heterocycles. The number of hydrogen-bond donors (Lipinski definition) is 2. The number of halogens is 1. The summed E-state index contributed by atoms with van der Waals surface area (Å²) in [6, 6.07) is 3.96. The van der Waals surface area contributed by atoms with E-state index >= 15 is 0 Å². The molecule has 106 valence electrons. The van der Waals surface area contributed by atoms with E-state index in [-0.39, 0.29) is 15.6 Å². The second-order valence-electron chi connectivity index (χ2n) is 3.86. The lowest BCUT2D eigenvalue weighted by atomic mass is 10.3. The Morgan fingerprint density at radius 3 is 2.70 bits per heavy atom. The minimum Gasteiger partial charge on any atom is -0.477 e. The summed E-state index contributed by atoms with van der Waals surface area (Å²) in [5.41, 5.74) is 0.545. The maximum Gasteiger partial charge on any atom is 0.354 e. The highest BCUT2D eigenvalue weighted by Crippen LogP contribution is 2.31. The largest absolute Gasteiger partial charge is 0.477 e. The van der Waals surface area contributed by atoms with Crippen LogP contribution in [0.5, 0.6) is 0 Å². The number of carboxylic acids is 1. The van der Waals surface area contributed by atoms with E-state index < -0.39 is 16.0 Å². The summed E-state index contributed by atoms with van der Waals surface area (Å²) in [6.07, 6.45) is 1.22. The summed E-state index contributed by atoms with van der Waals surface area (Å²) in [4.78, 5) is 14.4. The third-order valence-electron chi connectivity index (χ3n) is 2.33. The summed E-state index contributed by atoms with van der Waals surface area (Å²) in [5.74, 6) is -1.24. The monoisotopic (exact) mass is 332 g/mol. The van der Waals surface area contributed by atoms with Gasteiger partial charge in [0.05, 0.1) is 10.0 Å². The van der Waals surface area contributed by atoms with Crippen molar-refractivity contribution in [3.05, 3.63) is 40.0 Å². The molecule has 0 saturated carbocycles. The molecule has 0 bridgehead atoms. The van der Waals surface area contributed by atoms with Crippen LogP contribution in [0.2, 0.25) is 4.34 Å². The van der Waals surface area contributed by atoms with E-state index in [1.54, 1.807) is 6.92 Å². The number of anilines is 1. The highest BCUT2D eigenvalue weighted by atomic mass is 35.5. The molecule has 0 radical (unpaired) electrons. The molecule has 0 atom stereocenters. The van der Waals surface area contributed by atoms with E-state index in [0.717, 1.165) is 17.4 Å². The third kappa shape index (κ3) is 3.09. The molecular weight excluding hydrogens is 324 g/mol. The lowest BCUT2D eigenvalue weighted by Gasteiger charge is -2.06. The van der Waals surface area contributed by atoms with Gasteiger partial charge >= 0.3 is 5.97 Å². The molecule has 0 aliphatic carbocycles. The number of aromatic carboxylic acids is 1. The molecule has 0 aliphatic rings. The van der Waals surface area contributed by atoms with Gasteiger partial charge in [0.2, 0.25) is 0 Å². The highest BCUT2D eigenvalue weighted by Gasteiger charge is 2.19. The Morgan fingerprint density at radius 2 is 2.15 bits per heavy atom. The number of sulfonamides is 1. The second-order valence-corrected chi connectivity index (χ2v) is 7.43. The van der Waals surface area contributed by atoms with Gasteiger partial charge in [0.25, 0.3) is 10.0 Å². The third-order valence-corrected chi connectivity index (χ3v) is 5.74. The van der Waals surface area contributed by atoms with Crippen molar-refractivity contribution in [3.8, 4) is 0 Å². The quantitative estimate of drug-likeness (QED) is 0.897. The van der Waals surface area contributed by atoms with E-state index in [1.165, 1.54) is 18.3 Å². The van der Waals surface area contributed by atoms with Crippen LogP contribution in [0.3, 0.4) is 0 Å². The van der Waals surface area contributed by atoms with Gasteiger partial charge in [-0.3, -0.25) is 4.72 Å². The Bertz CT molecular complexity index is 751. The van der Waals surface area contributed by atoms with Crippen LogP contribution < -0.4 is 4.72 Å². The van der Waals surface area contributed by atoms with Crippen LogP contribution in [0.15, 0.2) is 28.6 Å². The Kier molecular flexibility index (Phi) is 3.98. The fourth-order valence-corrected chi connectivity index (χ4v) is 4.14.